The fraction of sp³-hybridized carbons (Fsp3) is 0.143. The lowest BCUT2D eigenvalue weighted by Gasteiger charge is -2.13. The minimum absolute atomic E-state index is 0.229. The Kier molecular flexibility index (Phi) is 5.11. The molecule has 0 aliphatic rings. The van der Waals surface area contributed by atoms with Crippen LogP contribution in [0.15, 0.2) is 47.4 Å². The van der Waals surface area contributed by atoms with Crippen molar-refractivity contribution in [3.63, 3.8) is 0 Å². The summed E-state index contributed by atoms with van der Waals surface area (Å²) in [7, 11) is 0. The maximum Gasteiger partial charge on any atom is 0.124 e. The second kappa shape index (κ2) is 6.62. The summed E-state index contributed by atoms with van der Waals surface area (Å²) in [5, 5.41) is 10.9. The number of halogens is 3. The van der Waals surface area contributed by atoms with E-state index in [1.165, 1.54) is 30.0 Å². The SMILES string of the molecule is OC(CSc1ccccc1Cl)c1ccc(F)cc1Cl. The molecule has 0 amide bonds. The molecule has 0 saturated heterocycles. The Bertz CT molecular complexity index is 577. The van der Waals surface area contributed by atoms with Crippen molar-refractivity contribution < 1.29 is 9.50 Å². The van der Waals surface area contributed by atoms with Crippen LogP contribution in [-0.2, 0) is 0 Å². The lowest BCUT2D eigenvalue weighted by atomic mass is 10.1. The maximum absolute atomic E-state index is 12.9. The van der Waals surface area contributed by atoms with Gasteiger partial charge in [-0.15, -0.1) is 11.8 Å². The summed E-state index contributed by atoms with van der Waals surface area (Å²) >= 11 is 13.4. The fourth-order valence-corrected chi connectivity index (χ4v) is 3.08. The first kappa shape index (κ1) is 14.7. The molecular weight excluding hydrogens is 306 g/mol. The molecule has 0 fully saturated rings. The summed E-state index contributed by atoms with van der Waals surface area (Å²) < 4.78 is 12.9. The zero-order chi connectivity index (χ0) is 13.8. The molecule has 2 rings (SSSR count). The average Bonchev–Trinajstić information content (AvgIpc) is 2.37. The molecule has 0 saturated carbocycles. The van der Waals surface area contributed by atoms with Crippen LogP contribution in [0.2, 0.25) is 10.0 Å². The molecule has 100 valence electrons. The zero-order valence-electron chi connectivity index (χ0n) is 9.82. The fourth-order valence-electron chi connectivity index (χ4n) is 1.59. The van der Waals surface area contributed by atoms with Crippen LogP contribution in [0, 0.1) is 5.82 Å². The van der Waals surface area contributed by atoms with E-state index in [4.69, 9.17) is 23.2 Å². The van der Waals surface area contributed by atoms with E-state index >= 15 is 0 Å². The Morgan fingerprint density at radius 1 is 1.11 bits per heavy atom. The number of thioether (sulfide) groups is 1. The highest BCUT2D eigenvalue weighted by molar-refractivity contribution is 7.99. The summed E-state index contributed by atoms with van der Waals surface area (Å²) in [4.78, 5) is 0.890. The molecule has 2 aromatic rings. The first-order valence-electron chi connectivity index (χ1n) is 5.58. The van der Waals surface area contributed by atoms with Crippen molar-refractivity contribution in [3.8, 4) is 0 Å². The van der Waals surface area contributed by atoms with Crippen LogP contribution in [0.1, 0.15) is 11.7 Å². The molecule has 1 N–H and O–H groups in total. The normalized spacial score (nSPS) is 12.4. The first-order chi connectivity index (χ1) is 9.08. The molecule has 19 heavy (non-hydrogen) atoms. The van der Waals surface area contributed by atoms with Crippen LogP contribution < -0.4 is 0 Å². The van der Waals surface area contributed by atoms with Crippen molar-refractivity contribution in [2.75, 3.05) is 5.75 Å². The van der Waals surface area contributed by atoms with Gasteiger partial charge in [0.1, 0.15) is 5.82 Å². The highest BCUT2D eigenvalue weighted by Crippen LogP contribution is 2.32. The molecule has 0 radical (unpaired) electrons. The van der Waals surface area contributed by atoms with E-state index in [9.17, 15) is 9.50 Å². The van der Waals surface area contributed by atoms with Gasteiger partial charge in [0.15, 0.2) is 0 Å². The average molecular weight is 317 g/mol. The summed E-state index contributed by atoms with van der Waals surface area (Å²) in [5.74, 6) is -0.0190. The number of rotatable bonds is 4. The van der Waals surface area contributed by atoms with Gasteiger partial charge in [0.2, 0.25) is 0 Å². The maximum atomic E-state index is 12.9. The van der Waals surface area contributed by atoms with Gasteiger partial charge < -0.3 is 5.11 Å². The van der Waals surface area contributed by atoms with Crippen molar-refractivity contribution >= 4 is 35.0 Å². The van der Waals surface area contributed by atoms with E-state index in [0.717, 1.165) is 4.90 Å². The standard InChI is InChI=1S/C14H11Cl2FOS/c15-11-3-1-2-4-14(11)19-8-13(18)10-6-5-9(17)7-12(10)16/h1-7,13,18H,8H2. The molecule has 2 aromatic carbocycles. The van der Waals surface area contributed by atoms with Gasteiger partial charge in [-0.05, 0) is 24.3 Å². The minimum atomic E-state index is -0.769. The summed E-state index contributed by atoms with van der Waals surface area (Å²) in [6, 6.07) is 11.4. The van der Waals surface area contributed by atoms with Gasteiger partial charge >= 0.3 is 0 Å². The van der Waals surface area contributed by atoms with Crippen LogP contribution in [0.5, 0.6) is 0 Å². The third-order valence-electron chi connectivity index (χ3n) is 2.55. The lowest BCUT2D eigenvalue weighted by Crippen LogP contribution is -2.01. The van der Waals surface area contributed by atoms with Crippen molar-refractivity contribution in [2.24, 2.45) is 0 Å². The quantitative estimate of drug-likeness (QED) is 0.805. The predicted octanol–water partition coefficient (Wildman–Crippen LogP) is 4.96. The zero-order valence-corrected chi connectivity index (χ0v) is 12.1. The van der Waals surface area contributed by atoms with Crippen molar-refractivity contribution in [1.29, 1.82) is 0 Å². The van der Waals surface area contributed by atoms with Crippen molar-refractivity contribution in [1.82, 2.24) is 0 Å². The van der Waals surface area contributed by atoms with Crippen molar-refractivity contribution in [3.05, 3.63) is 63.9 Å². The highest BCUT2D eigenvalue weighted by atomic mass is 35.5. The van der Waals surface area contributed by atoms with E-state index in [-0.39, 0.29) is 5.02 Å². The molecule has 1 unspecified atom stereocenters. The second-order valence-electron chi connectivity index (χ2n) is 3.92. The van der Waals surface area contributed by atoms with E-state index in [1.54, 1.807) is 6.07 Å². The molecule has 0 aliphatic carbocycles. The predicted molar refractivity (Wildman–Crippen MR) is 78.5 cm³/mol. The molecule has 0 aromatic heterocycles. The van der Waals surface area contributed by atoms with Gasteiger partial charge in [-0.2, -0.15) is 0 Å². The van der Waals surface area contributed by atoms with Gasteiger partial charge in [0, 0.05) is 21.2 Å². The summed E-state index contributed by atoms with van der Waals surface area (Å²) in [5.41, 5.74) is 0.516. The van der Waals surface area contributed by atoms with Crippen LogP contribution >= 0.6 is 35.0 Å². The third kappa shape index (κ3) is 3.86. The molecule has 0 bridgehead atoms. The number of benzene rings is 2. The number of aliphatic hydroxyl groups is 1. The van der Waals surface area contributed by atoms with E-state index in [1.807, 2.05) is 18.2 Å². The van der Waals surface area contributed by atoms with Crippen LogP contribution in [0.25, 0.3) is 0 Å². The van der Waals surface area contributed by atoms with Crippen LogP contribution in [0.3, 0.4) is 0 Å². The molecular formula is C14H11Cl2FOS. The Hall–Kier alpha value is -0.740. The Morgan fingerprint density at radius 2 is 1.84 bits per heavy atom. The topological polar surface area (TPSA) is 20.2 Å². The highest BCUT2D eigenvalue weighted by Gasteiger charge is 2.13. The summed E-state index contributed by atoms with van der Waals surface area (Å²) in [6.07, 6.45) is -0.769. The van der Waals surface area contributed by atoms with Gasteiger partial charge in [0.25, 0.3) is 0 Å². The Balaban J connectivity index is 2.05. The smallest absolute Gasteiger partial charge is 0.124 e. The second-order valence-corrected chi connectivity index (χ2v) is 5.80. The molecule has 5 heteroatoms. The van der Waals surface area contributed by atoms with Crippen molar-refractivity contribution in [2.45, 2.75) is 11.0 Å². The molecule has 1 nitrogen and oxygen atoms in total. The van der Waals surface area contributed by atoms with Gasteiger partial charge in [-0.1, -0.05) is 41.4 Å². The molecule has 0 aliphatic heterocycles. The lowest BCUT2D eigenvalue weighted by molar-refractivity contribution is 0.204. The van der Waals surface area contributed by atoms with Gasteiger partial charge in [-0.25, -0.2) is 4.39 Å². The number of hydrogen-bond donors (Lipinski definition) is 1. The van der Waals surface area contributed by atoms with Gasteiger partial charge in [-0.3, -0.25) is 0 Å². The van der Waals surface area contributed by atoms with E-state index in [0.29, 0.717) is 16.3 Å². The first-order valence-corrected chi connectivity index (χ1v) is 7.32. The molecule has 0 heterocycles. The largest absolute Gasteiger partial charge is 0.387 e. The van der Waals surface area contributed by atoms with Gasteiger partial charge in [0.05, 0.1) is 11.1 Å². The number of hydrogen-bond acceptors (Lipinski definition) is 2. The van der Waals surface area contributed by atoms with E-state index < -0.39 is 11.9 Å². The van der Waals surface area contributed by atoms with Crippen LogP contribution in [0.4, 0.5) is 4.39 Å². The molecule has 0 spiro atoms. The Morgan fingerprint density at radius 3 is 2.53 bits per heavy atom. The number of aliphatic hydroxyl groups excluding tert-OH is 1. The third-order valence-corrected chi connectivity index (χ3v) is 4.47. The minimum Gasteiger partial charge on any atom is -0.387 e. The summed E-state index contributed by atoms with van der Waals surface area (Å²) in [6.45, 7) is 0. The van der Waals surface area contributed by atoms with E-state index in [2.05, 4.69) is 0 Å². The monoisotopic (exact) mass is 316 g/mol. The molecule has 1 atom stereocenters. The van der Waals surface area contributed by atoms with Crippen LogP contribution in [-0.4, -0.2) is 10.9 Å². The Labute approximate surface area is 125 Å².